The van der Waals surface area contributed by atoms with Crippen LogP contribution in [-0.2, 0) is 6.54 Å². The van der Waals surface area contributed by atoms with Gasteiger partial charge in [0.15, 0.2) is 0 Å². The summed E-state index contributed by atoms with van der Waals surface area (Å²) in [6.07, 6.45) is 4.06. The predicted molar refractivity (Wildman–Crippen MR) is 79.0 cm³/mol. The number of aromatic nitrogens is 2. The molecule has 0 aliphatic carbocycles. The van der Waals surface area contributed by atoms with E-state index in [-0.39, 0.29) is 0 Å². The van der Waals surface area contributed by atoms with E-state index in [1.807, 2.05) is 10.9 Å². The highest BCUT2D eigenvalue weighted by atomic mass is 15.3. The van der Waals surface area contributed by atoms with E-state index in [0.717, 1.165) is 6.54 Å². The lowest BCUT2D eigenvalue weighted by molar-refractivity contribution is 0.494. The van der Waals surface area contributed by atoms with Gasteiger partial charge < -0.3 is 5.32 Å². The van der Waals surface area contributed by atoms with Gasteiger partial charge in [0.2, 0.25) is 0 Å². The molecule has 0 aliphatic heterocycles. The average Bonchev–Trinajstić information content (AvgIpc) is 2.87. The fraction of sp³-hybridized carbons (Fsp3) is 0.438. The summed E-state index contributed by atoms with van der Waals surface area (Å²) in [5, 5.41) is 7.95. The molecule has 1 aromatic heterocycles. The summed E-state index contributed by atoms with van der Waals surface area (Å²) in [5.74, 6) is 0. The molecule has 0 fully saturated rings. The maximum atomic E-state index is 4.33. The highest BCUT2D eigenvalue weighted by Crippen LogP contribution is 2.19. The van der Waals surface area contributed by atoms with Crippen molar-refractivity contribution in [1.29, 1.82) is 0 Å². The van der Waals surface area contributed by atoms with E-state index in [2.05, 4.69) is 68.6 Å². The zero-order valence-electron chi connectivity index (χ0n) is 12.2. The molecule has 102 valence electrons. The smallest absolute Gasteiger partial charge is 0.0537 e. The van der Waals surface area contributed by atoms with Gasteiger partial charge in [0, 0.05) is 30.4 Å². The van der Waals surface area contributed by atoms with Crippen molar-refractivity contribution in [2.75, 3.05) is 0 Å². The van der Waals surface area contributed by atoms with E-state index in [9.17, 15) is 0 Å². The van der Waals surface area contributed by atoms with Crippen LogP contribution >= 0.6 is 0 Å². The molecular weight excluding hydrogens is 234 g/mol. The third-order valence-corrected chi connectivity index (χ3v) is 3.52. The largest absolute Gasteiger partial charge is 0.304 e. The van der Waals surface area contributed by atoms with Gasteiger partial charge in [-0.25, -0.2) is 0 Å². The zero-order chi connectivity index (χ0) is 13.8. The minimum Gasteiger partial charge on any atom is -0.304 e. The molecule has 1 unspecified atom stereocenters. The molecule has 19 heavy (non-hydrogen) atoms. The highest BCUT2D eigenvalue weighted by Gasteiger charge is 2.12. The van der Waals surface area contributed by atoms with Gasteiger partial charge >= 0.3 is 0 Å². The van der Waals surface area contributed by atoms with Crippen LogP contribution in [0.4, 0.5) is 0 Å². The van der Waals surface area contributed by atoms with Gasteiger partial charge in [-0.2, -0.15) is 5.10 Å². The summed E-state index contributed by atoms with van der Waals surface area (Å²) >= 11 is 0. The third kappa shape index (κ3) is 3.44. The van der Waals surface area contributed by atoms with E-state index in [4.69, 9.17) is 0 Å². The van der Waals surface area contributed by atoms with Gasteiger partial charge in [0.1, 0.15) is 0 Å². The number of benzene rings is 1. The highest BCUT2D eigenvalue weighted by molar-refractivity contribution is 5.25. The molecule has 0 saturated heterocycles. The van der Waals surface area contributed by atoms with Crippen LogP contribution in [0.15, 0.2) is 36.7 Å². The van der Waals surface area contributed by atoms with Crippen molar-refractivity contribution in [3.63, 3.8) is 0 Å². The second-order valence-corrected chi connectivity index (χ2v) is 5.15. The van der Waals surface area contributed by atoms with Crippen LogP contribution in [0.25, 0.3) is 0 Å². The number of rotatable bonds is 5. The molecule has 2 rings (SSSR count). The molecular formula is C16H23N3. The third-order valence-electron chi connectivity index (χ3n) is 3.52. The lowest BCUT2D eigenvalue weighted by Crippen LogP contribution is -2.22. The number of aryl methyl sites for hydroxylation is 2. The van der Waals surface area contributed by atoms with Crippen LogP contribution in [0, 0.1) is 6.92 Å². The van der Waals surface area contributed by atoms with Crippen molar-refractivity contribution in [2.24, 2.45) is 0 Å². The van der Waals surface area contributed by atoms with Gasteiger partial charge in [0.25, 0.3) is 0 Å². The molecule has 0 aliphatic rings. The van der Waals surface area contributed by atoms with Gasteiger partial charge in [-0.1, -0.05) is 29.8 Å². The summed E-state index contributed by atoms with van der Waals surface area (Å²) < 4.78 is 1.96. The molecule has 0 spiro atoms. The standard InChI is InChI=1S/C16H23N3/c1-5-19-11-16(10-17-19)14(4)18-13(3)15-8-6-7-12(2)9-15/h6-11,13-14,18H,5H2,1-4H3/t13-,14?/m0/s1. The summed E-state index contributed by atoms with van der Waals surface area (Å²) in [7, 11) is 0. The van der Waals surface area contributed by atoms with Gasteiger partial charge in [-0.05, 0) is 33.3 Å². The molecule has 1 heterocycles. The van der Waals surface area contributed by atoms with Crippen molar-refractivity contribution in [3.8, 4) is 0 Å². The molecule has 0 amide bonds. The normalized spacial score (nSPS) is 14.3. The Morgan fingerprint density at radius 2 is 1.95 bits per heavy atom. The van der Waals surface area contributed by atoms with E-state index in [1.54, 1.807) is 0 Å². The van der Waals surface area contributed by atoms with Crippen LogP contribution in [-0.4, -0.2) is 9.78 Å². The van der Waals surface area contributed by atoms with Crippen molar-refractivity contribution < 1.29 is 0 Å². The predicted octanol–water partition coefficient (Wildman–Crippen LogP) is 3.62. The fourth-order valence-electron chi connectivity index (χ4n) is 2.28. The fourth-order valence-corrected chi connectivity index (χ4v) is 2.28. The first-order chi connectivity index (χ1) is 9.10. The van der Waals surface area contributed by atoms with Gasteiger partial charge in [-0.3, -0.25) is 4.68 Å². The minimum absolute atomic E-state index is 0.302. The van der Waals surface area contributed by atoms with Crippen molar-refractivity contribution in [2.45, 2.75) is 46.3 Å². The molecule has 2 aromatic rings. The van der Waals surface area contributed by atoms with Gasteiger partial charge in [0.05, 0.1) is 6.20 Å². The van der Waals surface area contributed by atoms with Gasteiger partial charge in [-0.15, -0.1) is 0 Å². The van der Waals surface area contributed by atoms with E-state index < -0.39 is 0 Å². The van der Waals surface area contributed by atoms with Crippen LogP contribution in [0.2, 0.25) is 0 Å². The maximum Gasteiger partial charge on any atom is 0.0537 e. The Bertz CT molecular complexity index is 530. The zero-order valence-corrected chi connectivity index (χ0v) is 12.2. The quantitative estimate of drug-likeness (QED) is 0.886. The first-order valence-electron chi connectivity index (χ1n) is 6.95. The van der Waals surface area contributed by atoms with Crippen LogP contribution in [0.5, 0.6) is 0 Å². The van der Waals surface area contributed by atoms with E-state index >= 15 is 0 Å². The Morgan fingerprint density at radius 3 is 2.58 bits per heavy atom. The molecule has 2 atom stereocenters. The lowest BCUT2D eigenvalue weighted by Gasteiger charge is -2.19. The molecule has 1 N–H and O–H groups in total. The monoisotopic (exact) mass is 257 g/mol. The Balaban J connectivity index is 2.03. The number of nitrogens with zero attached hydrogens (tertiary/aromatic N) is 2. The van der Waals surface area contributed by atoms with Crippen molar-refractivity contribution >= 4 is 0 Å². The summed E-state index contributed by atoms with van der Waals surface area (Å²) in [4.78, 5) is 0. The first kappa shape index (κ1) is 13.8. The Morgan fingerprint density at radius 1 is 1.21 bits per heavy atom. The number of hydrogen-bond acceptors (Lipinski definition) is 2. The van der Waals surface area contributed by atoms with E-state index in [1.165, 1.54) is 16.7 Å². The van der Waals surface area contributed by atoms with E-state index in [0.29, 0.717) is 12.1 Å². The minimum atomic E-state index is 0.302. The molecule has 0 bridgehead atoms. The second kappa shape index (κ2) is 6.02. The van der Waals surface area contributed by atoms with Crippen LogP contribution in [0.3, 0.4) is 0 Å². The molecule has 3 nitrogen and oxygen atoms in total. The van der Waals surface area contributed by atoms with Crippen molar-refractivity contribution in [3.05, 3.63) is 53.3 Å². The summed E-state index contributed by atoms with van der Waals surface area (Å²) in [6, 6.07) is 9.29. The van der Waals surface area contributed by atoms with Crippen molar-refractivity contribution in [1.82, 2.24) is 15.1 Å². The second-order valence-electron chi connectivity index (χ2n) is 5.15. The summed E-state index contributed by atoms with van der Waals surface area (Å²) in [5.41, 5.74) is 3.87. The topological polar surface area (TPSA) is 29.9 Å². The number of hydrogen-bond donors (Lipinski definition) is 1. The Labute approximate surface area is 115 Å². The molecule has 1 aromatic carbocycles. The number of nitrogens with one attached hydrogen (secondary N) is 1. The lowest BCUT2D eigenvalue weighted by atomic mass is 10.0. The SMILES string of the molecule is CCn1cc(C(C)N[C@@H](C)c2cccc(C)c2)cn1. The van der Waals surface area contributed by atoms with Crippen LogP contribution in [0.1, 0.15) is 49.5 Å². The maximum absolute atomic E-state index is 4.33. The Hall–Kier alpha value is -1.61. The molecule has 0 radical (unpaired) electrons. The molecule has 0 saturated carbocycles. The first-order valence-corrected chi connectivity index (χ1v) is 6.95. The Kier molecular flexibility index (Phi) is 4.38. The summed E-state index contributed by atoms with van der Waals surface area (Å²) in [6.45, 7) is 9.54. The molecule has 3 heteroatoms. The average molecular weight is 257 g/mol. The van der Waals surface area contributed by atoms with Crippen LogP contribution < -0.4 is 5.32 Å².